The van der Waals surface area contributed by atoms with Crippen molar-refractivity contribution in [2.45, 2.75) is 13.5 Å². The van der Waals surface area contributed by atoms with Gasteiger partial charge in [0.15, 0.2) is 0 Å². The molecule has 3 rings (SSSR count). The fourth-order valence-electron chi connectivity index (χ4n) is 2.85. The van der Waals surface area contributed by atoms with Crippen molar-refractivity contribution in [3.63, 3.8) is 0 Å². The Morgan fingerprint density at radius 3 is 2.19 bits per heavy atom. The van der Waals surface area contributed by atoms with Gasteiger partial charge in [-0.2, -0.15) is 0 Å². The van der Waals surface area contributed by atoms with Crippen molar-refractivity contribution in [1.29, 1.82) is 0 Å². The highest BCUT2D eigenvalue weighted by molar-refractivity contribution is 5.95. The fourth-order valence-corrected chi connectivity index (χ4v) is 2.85. The predicted octanol–water partition coefficient (Wildman–Crippen LogP) is 4.62. The van der Waals surface area contributed by atoms with Gasteiger partial charge in [-0.25, -0.2) is 0 Å². The van der Waals surface area contributed by atoms with Crippen LogP contribution in [-0.4, -0.2) is 25.0 Å². The van der Waals surface area contributed by atoms with E-state index in [0.29, 0.717) is 24.4 Å². The van der Waals surface area contributed by atoms with Gasteiger partial charge in [0.2, 0.25) is 5.91 Å². The molecule has 0 radical (unpaired) electrons. The molecular weight excluding hydrogens is 402 g/mol. The zero-order valence-electron chi connectivity index (χ0n) is 18.1. The van der Waals surface area contributed by atoms with Crippen molar-refractivity contribution in [2.24, 2.45) is 0 Å². The molecule has 3 aromatic carbocycles. The number of benzene rings is 3. The van der Waals surface area contributed by atoms with Gasteiger partial charge in [-0.1, -0.05) is 36.9 Å². The first kappa shape index (κ1) is 22.6. The highest BCUT2D eigenvalue weighted by atomic mass is 16.5. The number of amides is 2. The summed E-state index contributed by atoms with van der Waals surface area (Å²) in [6.07, 6.45) is 0. The lowest BCUT2D eigenvalue weighted by Crippen LogP contribution is -2.23. The molecule has 0 heterocycles. The van der Waals surface area contributed by atoms with Crippen LogP contribution in [-0.2, 0) is 11.3 Å². The van der Waals surface area contributed by atoms with Crippen LogP contribution >= 0.6 is 0 Å². The molecule has 0 aromatic heterocycles. The lowest BCUT2D eigenvalue weighted by molar-refractivity contribution is -0.114. The minimum atomic E-state index is -0.176. The Hall–Kier alpha value is -4.06. The molecule has 0 aliphatic rings. The highest BCUT2D eigenvalue weighted by Crippen LogP contribution is 2.16. The molecular formula is C26H27N3O3. The number of hydrogen-bond acceptors (Lipinski definition) is 4. The van der Waals surface area contributed by atoms with E-state index in [2.05, 4.69) is 22.5 Å². The van der Waals surface area contributed by atoms with E-state index in [4.69, 9.17) is 4.74 Å². The van der Waals surface area contributed by atoms with Crippen LogP contribution in [0.15, 0.2) is 91.0 Å². The van der Waals surface area contributed by atoms with Crippen LogP contribution < -0.4 is 20.7 Å². The first-order valence-corrected chi connectivity index (χ1v) is 10.3. The van der Waals surface area contributed by atoms with Crippen molar-refractivity contribution >= 4 is 23.2 Å². The zero-order chi connectivity index (χ0) is 22.8. The molecule has 0 fully saturated rings. The topological polar surface area (TPSA) is 79.5 Å². The number of rotatable bonds is 10. The average Bonchev–Trinajstić information content (AvgIpc) is 2.82. The minimum absolute atomic E-state index is 0.105. The summed E-state index contributed by atoms with van der Waals surface area (Å²) in [6, 6.07) is 23.9. The minimum Gasteiger partial charge on any atom is -0.489 e. The Morgan fingerprint density at radius 1 is 0.875 bits per heavy atom. The molecule has 3 aromatic rings. The molecule has 3 N–H and O–H groups in total. The van der Waals surface area contributed by atoms with E-state index in [1.54, 1.807) is 48.5 Å². The van der Waals surface area contributed by atoms with Crippen LogP contribution in [0, 0.1) is 0 Å². The van der Waals surface area contributed by atoms with Crippen molar-refractivity contribution in [1.82, 2.24) is 5.32 Å². The van der Waals surface area contributed by atoms with E-state index < -0.39 is 0 Å². The maximum Gasteiger partial charge on any atom is 0.251 e. The summed E-state index contributed by atoms with van der Waals surface area (Å²) in [5.41, 5.74) is 3.98. The second-order valence-corrected chi connectivity index (χ2v) is 7.42. The number of carbonyl (C=O) groups is 2. The average molecular weight is 430 g/mol. The van der Waals surface area contributed by atoms with Crippen molar-refractivity contribution in [2.75, 3.05) is 23.8 Å². The molecule has 0 saturated carbocycles. The van der Waals surface area contributed by atoms with Gasteiger partial charge in [-0.15, -0.1) is 0 Å². The second-order valence-electron chi connectivity index (χ2n) is 7.42. The molecule has 0 atom stereocenters. The first-order valence-electron chi connectivity index (χ1n) is 10.3. The molecule has 0 unspecified atom stereocenters. The molecule has 164 valence electrons. The van der Waals surface area contributed by atoms with Gasteiger partial charge in [0, 0.05) is 23.5 Å². The third-order valence-electron chi connectivity index (χ3n) is 4.52. The van der Waals surface area contributed by atoms with Crippen LogP contribution in [0.5, 0.6) is 5.75 Å². The highest BCUT2D eigenvalue weighted by Gasteiger charge is 2.07. The van der Waals surface area contributed by atoms with E-state index in [9.17, 15) is 9.59 Å². The van der Waals surface area contributed by atoms with Gasteiger partial charge in [-0.05, 0) is 66.6 Å². The Balaban J connectivity index is 1.42. The summed E-state index contributed by atoms with van der Waals surface area (Å²) in [5.74, 6) is 0.399. The molecule has 0 bridgehead atoms. The third-order valence-corrected chi connectivity index (χ3v) is 4.52. The Labute approximate surface area is 188 Å². The maximum absolute atomic E-state index is 12.3. The third kappa shape index (κ3) is 7.32. The normalized spacial score (nSPS) is 10.2. The molecule has 6 nitrogen and oxygen atoms in total. The quantitative estimate of drug-likeness (QED) is 0.411. The summed E-state index contributed by atoms with van der Waals surface area (Å²) < 4.78 is 5.54. The van der Waals surface area contributed by atoms with Crippen molar-refractivity contribution in [3.8, 4) is 5.75 Å². The summed E-state index contributed by atoms with van der Waals surface area (Å²) in [4.78, 5) is 24.5. The van der Waals surface area contributed by atoms with E-state index in [0.717, 1.165) is 22.6 Å². The smallest absolute Gasteiger partial charge is 0.251 e. The van der Waals surface area contributed by atoms with E-state index >= 15 is 0 Å². The predicted molar refractivity (Wildman–Crippen MR) is 128 cm³/mol. The van der Waals surface area contributed by atoms with Crippen molar-refractivity contribution < 1.29 is 14.3 Å². The molecule has 6 heteroatoms. The summed E-state index contributed by atoms with van der Waals surface area (Å²) >= 11 is 0. The standard InChI is InChI=1S/C26H27N3O3/c1-19(2)18-32-24-14-12-23(13-15-24)29-25(30)17-27-22-10-8-21(9-11-22)26(31)28-16-20-6-4-3-5-7-20/h3-15,27H,1,16-18H2,2H3,(H,28,31)(H,29,30). The van der Waals surface area contributed by atoms with Crippen LogP contribution in [0.4, 0.5) is 11.4 Å². The molecule has 2 amide bonds. The van der Waals surface area contributed by atoms with E-state index in [1.165, 1.54) is 0 Å². The van der Waals surface area contributed by atoms with Crippen molar-refractivity contribution in [3.05, 3.63) is 102 Å². The number of carbonyl (C=O) groups excluding carboxylic acids is 2. The SMILES string of the molecule is C=C(C)COc1ccc(NC(=O)CNc2ccc(C(=O)NCc3ccccc3)cc2)cc1. The molecule has 0 spiro atoms. The van der Waals surface area contributed by atoms with Crippen LogP contribution in [0.3, 0.4) is 0 Å². The van der Waals surface area contributed by atoms with Gasteiger partial charge >= 0.3 is 0 Å². The maximum atomic E-state index is 12.3. The summed E-state index contributed by atoms with van der Waals surface area (Å²) in [6.45, 7) is 6.73. The fraction of sp³-hybridized carbons (Fsp3) is 0.154. The lowest BCUT2D eigenvalue weighted by Gasteiger charge is -2.10. The van der Waals surface area contributed by atoms with E-state index in [1.807, 2.05) is 37.3 Å². The van der Waals surface area contributed by atoms with Crippen LogP contribution in [0.2, 0.25) is 0 Å². The second kappa shape index (κ2) is 11.4. The van der Waals surface area contributed by atoms with Gasteiger partial charge in [0.1, 0.15) is 12.4 Å². The Morgan fingerprint density at radius 2 is 1.53 bits per heavy atom. The van der Waals surface area contributed by atoms with Gasteiger partial charge in [0.05, 0.1) is 6.54 Å². The zero-order valence-corrected chi connectivity index (χ0v) is 18.1. The summed E-state index contributed by atoms with van der Waals surface area (Å²) in [5, 5.41) is 8.77. The number of hydrogen-bond donors (Lipinski definition) is 3. The Kier molecular flexibility index (Phi) is 8.03. The van der Waals surface area contributed by atoms with Gasteiger partial charge in [-0.3, -0.25) is 9.59 Å². The molecule has 32 heavy (non-hydrogen) atoms. The molecule has 0 aliphatic carbocycles. The van der Waals surface area contributed by atoms with Gasteiger partial charge < -0.3 is 20.7 Å². The van der Waals surface area contributed by atoms with Crippen LogP contribution in [0.25, 0.3) is 0 Å². The molecule has 0 aliphatic heterocycles. The van der Waals surface area contributed by atoms with Gasteiger partial charge in [0.25, 0.3) is 5.91 Å². The lowest BCUT2D eigenvalue weighted by atomic mass is 10.1. The Bertz CT molecular complexity index is 1050. The number of nitrogens with one attached hydrogen (secondary N) is 3. The molecule has 0 saturated heterocycles. The number of anilines is 2. The summed E-state index contributed by atoms with van der Waals surface area (Å²) in [7, 11) is 0. The van der Waals surface area contributed by atoms with Crippen LogP contribution in [0.1, 0.15) is 22.8 Å². The van der Waals surface area contributed by atoms with E-state index in [-0.39, 0.29) is 18.4 Å². The monoisotopic (exact) mass is 429 g/mol. The largest absolute Gasteiger partial charge is 0.489 e. The first-order chi connectivity index (χ1) is 15.5. The number of ether oxygens (including phenoxy) is 1.